The van der Waals surface area contributed by atoms with Gasteiger partial charge in [0.2, 0.25) is 0 Å². The first-order valence-corrected chi connectivity index (χ1v) is 8.17. The summed E-state index contributed by atoms with van der Waals surface area (Å²) in [6, 6.07) is 8.86. The molecule has 0 aliphatic heterocycles. The van der Waals surface area contributed by atoms with Crippen molar-refractivity contribution >= 4 is 0 Å². The van der Waals surface area contributed by atoms with E-state index < -0.39 is 0 Å². The van der Waals surface area contributed by atoms with Crippen LogP contribution in [0.3, 0.4) is 0 Å². The third-order valence-corrected chi connectivity index (χ3v) is 4.58. The maximum Gasteiger partial charge on any atom is 0.0717 e. The van der Waals surface area contributed by atoms with Crippen molar-refractivity contribution < 1.29 is 4.74 Å². The van der Waals surface area contributed by atoms with Crippen molar-refractivity contribution in [2.24, 2.45) is 11.8 Å². The van der Waals surface area contributed by atoms with Gasteiger partial charge in [-0.05, 0) is 48.8 Å². The minimum absolute atomic E-state index is 0.555. The number of allylic oxidation sites excluding steroid dienone is 2. The highest BCUT2D eigenvalue weighted by Gasteiger charge is 2.18. The van der Waals surface area contributed by atoms with E-state index in [9.17, 15) is 0 Å². The summed E-state index contributed by atoms with van der Waals surface area (Å²) >= 11 is 0. The number of ether oxygens (including phenoxy) is 1. The number of nitrogens with one attached hydrogen (secondary N) is 1. The van der Waals surface area contributed by atoms with Gasteiger partial charge in [-0.2, -0.15) is 0 Å². The Hall–Kier alpha value is -1.12. The highest BCUT2D eigenvalue weighted by Crippen LogP contribution is 2.25. The molecule has 2 heteroatoms. The molecule has 0 amide bonds. The van der Waals surface area contributed by atoms with Crippen LogP contribution in [-0.2, 0) is 11.3 Å². The Balaban J connectivity index is 1.77. The number of benzene rings is 1. The van der Waals surface area contributed by atoms with Crippen LogP contribution in [0.25, 0.3) is 0 Å². The number of likely N-dealkylation sites (N-methyl/N-ethyl adjacent to an activating group) is 1. The summed E-state index contributed by atoms with van der Waals surface area (Å²) in [5.41, 5.74) is 2.66. The quantitative estimate of drug-likeness (QED) is 0.761. The first kappa shape index (κ1) is 16.3. The third kappa shape index (κ3) is 4.98. The second-order valence-corrected chi connectivity index (χ2v) is 6.40. The average Bonchev–Trinajstić information content (AvgIpc) is 2.50. The van der Waals surface area contributed by atoms with Gasteiger partial charge in [-0.25, -0.2) is 0 Å². The molecule has 0 spiro atoms. The lowest BCUT2D eigenvalue weighted by molar-refractivity contribution is 0.0680. The van der Waals surface area contributed by atoms with Gasteiger partial charge in [-0.15, -0.1) is 0 Å². The van der Waals surface area contributed by atoms with Crippen molar-refractivity contribution in [2.75, 3.05) is 20.2 Å². The van der Waals surface area contributed by atoms with E-state index in [1.807, 2.05) is 7.05 Å². The van der Waals surface area contributed by atoms with Gasteiger partial charge in [0.15, 0.2) is 0 Å². The lowest BCUT2D eigenvalue weighted by Gasteiger charge is -2.25. The zero-order valence-electron chi connectivity index (χ0n) is 13.6. The Kier molecular flexibility index (Phi) is 6.47. The number of hydrogen-bond donors (Lipinski definition) is 1. The highest BCUT2D eigenvalue weighted by atomic mass is 16.5. The predicted molar refractivity (Wildman–Crippen MR) is 89.5 cm³/mol. The molecule has 1 N–H and O–H groups in total. The van der Waals surface area contributed by atoms with E-state index in [0.29, 0.717) is 11.8 Å². The normalized spacial score (nSPS) is 23.2. The summed E-state index contributed by atoms with van der Waals surface area (Å²) in [5, 5.41) is 3.23. The van der Waals surface area contributed by atoms with E-state index >= 15 is 0 Å². The molecule has 0 aromatic heterocycles. The summed E-state index contributed by atoms with van der Waals surface area (Å²) in [6.07, 6.45) is 6.96. The first-order valence-electron chi connectivity index (χ1n) is 8.17. The molecule has 0 fully saturated rings. The minimum atomic E-state index is 0.555. The molecule has 3 atom stereocenters. The Labute approximate surface area is 129 Å². The third-order valence-electron chi connectivity index (χ3n) is 4.58. The molecule has 116 valence electrons. The second-order valence-electron chi connectivity index (χ2n) is 6.40. The molecule has 2 nitrogen and oxygen atoms in total. The van der Waals surface area contributed by atoms with Gasteiger partial charge in [-0.3, -0.25) is 0 Å². The second kappa shape index (κ2) is 8.35. The fourth-order valence-corrected chi connectivity index (χ4v) is 2.93. The monoisotopic (exact) mass is 287 g/mol. The Bertz CT molecular complexity index is 437. The number of rotatable bonds is 7. The average molecular weight is 287 g/mol. The topological polar surface area (TPSA) is 21.3 Å². The van der Waals surface area contributed by atoms with Crippen LogP contribution in [0.5, 0.6) is 0 Å². The zero-order chi connectivity index (χ0) is 15.1. The molecule has 0 saturated heterocycles. The molecule has 21 heavy (non-hydrogen) atoms. The van der Waals surface area contributed by atoms with Crippen molar-refractivity contribution in [3.63, 3.8) is 0 Å². The van der Waals surface area contributed by atoms with Gasteiger partial charge in [0.1, 0.15) is 0 Å². The van der Waals surface area contributed by atoms with Crippen molar-refractivity contribution in [2.45, 2.75) is 39.2 Å². The van der Waals surface area contributed by atoms with Gasteiger partial charge < -0.3 is 10.1 Å². The van der Waals surface area contributed by atoms with E-state index in [4.69, 9.17) is 4.74 Å². The molecule has 0 saturated carbocycles. The Morgan fingerprint density at radius 2 is 1.90 bits per heavy atom. The zero-order valence-corrected chi connectivity index (χ0v) is 13.6. The summed E-state index contributed by atoms with van der Waals surface area (Å²) in [7, 11) is 2.00. The van der Waals surface area contributed by atoms with Crippen LogP contribution >= 0.6 is 0 Å². The maximum atomic E-state index is 5.93. The van der Waals surface area contributed by atoms with Crippen LogP contribution in [0.1, 0.15) is 43.7 Å². The largest absolute Gasteiger partial charge is 0.376 e. The van der Waals surface area contributed by atoms with Crippen LogP contribution < -0.4 is 5.32 Å². The fourth-order valence-electron chi connectivity index (χ4n) is 2.93. The summed E-state index contributed by atoms with van der Waals surface area (Å²) < 4.78 is 5.93. The molecule has 2 rings (SSSR count). The Morgan fingerprint density at radius 1 is 1.19 bits per heavy atom. The van der Waals surface area contributed by atoms with E-state index in [0.717, 1.165) is 25.7 Å². The van der Waals surface area contributed by atoms with E-state index in [1.54, 1.807) is 0 Å². The SMILES string of the molecule is CNCC(C)c1ccc(COCC2CC=CCC2C)cc1. The highest BCUT2D eigenvalue weighted by molar-refractivity contribution is 5.24. The van der Waals surface area contributed by atoms with Crippen LogP contribution in [0.4, 0.5) is 0 Å². The molecule has 3 unspecified atom stereocenters. The van der Waals surface area contributed by atoms with Crippen LogP contribution in [0.15, 0.2) is 36.4 Å². The van der Waals surface area contributed by atoms with Crippen molar-refractivity contribution in [3.05, 3.63) is 47.5 Å². The Morgan fingerprint density at radius 3 is 2.57 bits per heavy atom. The molecule has 0 heterocycles. The van der Waals surface area contributed by atoms with Crippen molar-refractivity contribution in [1.29, 1.82) is 0 Å². The molecular formula is C19H29NO. The molecule has 1 aromatic carbocycles. The summed E-state index contributed by atoms with van der Waals surface area (Å²) in [6.45, 7) is 7.20. The van der Waals surface area contributed by atoms with Gasteiger partial charge in [0.25, 0.3) is 0 Å². The van der Waals surface area contributed by atoms with Crippen LogP contribution in [-0.4, -0.2) is 20.2 Å². The molecule has 1 aromatic rings. The standard InChI is InChI=1S/C19H29NO/c1-15-6-4-5-7-19(15)14-21-13-17-8-10-18(11-9-17)16(2)12-20-3/h4-5,8-11,15-16,19-20H,6-7,12-14H2,1-3H3. The first-order chi connectivity index (χ1) is 10.2. The molecule has 1 aliphatic carbocycles. The van der Waals surface area contributed by atoms with Crippen molar-refractivity contribution in [1.82, 2.24) is 5.32 Å². The van der Waals surface area contributed by atoms with Gasteiger partial charge >= 0.3 is 0 Å². The van der Waals surface area contributed by atoms with E-state index in [-0.39, 0.29) is 0 Å². The molecule has 0 bridgehead atoms. The molecule has 0 radical (unpaired) electrons. The predicted octanol–water partition coefficient (Wildman–Crippen LogP) is 4.13. The van der Waals surface area contributed by atoms with Gasteiger partial charge in [-0.1, -0.05) is 50.3 Å². The summed E-state index contributed by atoms with van der Waals surface area (Å²) in [5.74, 6) is 1.99. The van der Waals surface area contributed by atoms with E-state index in [2.05, 4.69) is 55.6 Å². The van der Waals surface area contributed by atoms with Crippen molar-refractivity contribution in [3.8, 4) is 0 Å². The lowest BCUT2D eigenvalue weighted by atomic mass is 9.85. The molecular weight excluding hydrogens is 258 g/mol. The maximum absolute atomic E-state index is 5.93. The van der Waals surface area contributed by atoms with Gasteiger partial charge in [0.05, 0.1) is 13.2 Å². The van der Waals surface area contributed by atoms with Gasteiger partial charge in [0, 0.05) is 6.54 Å². The summed E-state index contributed by atoms with van der Waals surface area (Å²) in [4.78, 5) is 0. The van der Waals surface area contributed by atoms with Crippen LogP contribution in [0, 0.1) is 11.8 Å². The lowest BCUT2D eigenvalue weighted by Crippen LogP contribution is -2.19. The number of hydrogen-bond acceptors (Lipinski definition) is 2. The van der Waals surface area contributed by atoms with Crippen LogP contribution in [0.2, 0.25) is 0 Å². The molecule has 1 aliphatic rings. The van der Waals surface area contributed by atoms with E-state index in [1.165, 1.54) is 24.0 Å². The fraction of sp³-hybridized carbons (Fsp3) is 0.579. The minimum Gasteiger partial charge on any atom is -0.376 e. The smallest absolute Gasteiger partial charge is 0.0717 e.